The van der Waals surface area contributed by atoms with Gasteiger partial charge in [-0.05, 0) is 44.0 Å². The Hall–Kier alpha value is -1.46. The van der Waals surface area contributed by atoms with Crippen LogP contribution < -0.4 is 0 Å². The highest BCUT2D eigenvalue weighted by molar-refractivity contribution is 5.89. The van der Waals surface area contributed by atoms with Crippen molar-refractivity contribution in [3.63, 3.8) is 0 Å². The van der Waals surface area contributed by atoms with E-state index < -0.39 is 11.8 Å². The number of carbonyl (C=O) groups is 1. The van der Waals surface area contributed by atoms with Crippen LogP contribution in [-0.4, -0.2) is 30.4 Å². The van der Waals surface area contributed by atoms with Crippen LogP contribution in [0.4, 0.5) is 4.39 Å². The van der Waals surface area contributed by atoms with Crippen LogP contribution in [0.3, 0.4) is 0 Å². The second kappa shape index (κ2) is 6.63. The molecule has 0 saturated heterocycles. The average Bonchev–Trinajstić information content (AvgIpc) is 2.34. The first-order chi connectivity index (χ1) is 8.85. The Balaban J connectivity index is 2.58. The number of rotatable bonds is 7. The van der Waals surface area contributed by atoms with Crippen molar-refractivity contribution in [2.24, 2.45) is 0 Å². The zero-order chi connectivity index (χ0) is 14.5. The molecule has 1 rings (SSSR count). The summed E-state index contributed by atoms with van der Waals surface area (Å²) in [7, 11) is 1.62. The van der Waals surface area contributed by atoms with Crippen LogP contribution in [0.25, 0.3) is 0 Å². The predicted octanol–water partition coefficient (Wildman–Crippen LogP) is 2.86. The van der Waals surface area contributed by atoms with E-state index in [1.165, 1.54) is 12.1 Å². The standard InChI is InChI=1S/C14H19FO4/c1-14(2,18-3)6-7-19-9-10-8-11(15)4-5-12(10)13(16)17/h4-5,8H,6-7,9H2,1-3H3,(H,16,17). The number of carboxylic acids is 1. The molecule has 0 heterocycles. The van der Waals surface area contributed by atoms with Crippen LogP contribution in [0.2, 0.25) is 0 Å². The van der Waals surface area contributed by atoms with Crippen molar-refractivity contribution in [3.8, 4) is 0 Å². The van der Waals surface area contributed by atoms with E-state index in [2.05, 4.69) is 0 Å². The first-order valence-corrected chi connectivity index (χ1v) is 6.00. The Labute approximate surface area is 112 Å². The molecule has 0 bridgehead atoms. The molecule has 19 heavy (non-hydrogen) atoms. The van der Waals surface area contributed by atoms with E-state index in [1.807, 2.05) is 13.8 Å². The van der Waals surface area contributed by atoms with Gasteiger partial charge in [-0.3, -0.25) is 0 Å². The van der Waals surface area contributed by atoms with Gasteiger partial charge in [-0.15, -0.1) is 0 Å². The summed E-state index contributed by atoms with van der Waals surface area (Å²) in [5.41, 5.74) is 0.104. The number of aromatic carboxylic acids is 1. The van der Waals surface area contributed by atoms with Gasteiger partial charge in [0.2, 0.25) is 0 Å². The van der Waals surface area contributed by atoms with Crippen LogP contribution in [-0.2, 0) is 16.1 Å². The molecule has 5 heteroatoms. The van der Waals surface area contributed by atoms with E-state index >= 15 is 0 Å². The minimum Gasteiger partial charge on any atom is -0.478 e. The van der Waals surface area contributed by atoms with Crippen LogP contribution in [0.5, 0.6) is 0 Å². The van der Waals surface area contributed by atoms with Crippen LogP contribution in [0, 0.1) is 5.82 Å². The Morgan fingerprint density at radius 1 is 1.42 bits per heavy atom. The van der Waals surface area contributed by atoms with Crippen molar-refractivity contribution >= 4 is 5.97 Å². The number of methoxy groups -OCH3 is 1. The van der Waals surface area contributed by atoms with E-state index in [4.69, 9.17) is 14.6 Å². The molecule has 0 saturated carbocycles. The van der Waals surface area contributed by atoms with E-state index in [0.29, 0.717) is 18.6 Å². The van der Waals surface area contributed by atoms with Crippen molar-refractivity contribution in [2.75, 3.05) is 13.7 Å². The average molecular weight is 270 g/mol. The Morgan fingerprint density at radius 3 is 2.68 bits per heavy atom. The summed E-state index contributed by atoms with van der Waals surface area (Å²) in [5.74, 6) is -1.56. The van der Waals surface area contributed by atoms with Crippen LogP contribution >= 0.6 is 0 Å². The highest BCUT2D eigenvalue weighted by Gasteiger charge is 2.16. The quantitative estimate of drug-likeness (QED) is 0.774. The summed E-state index contributed by atoms with van der Waals surface area (Å²) in [5, 5.41) is 8.98. The number of ether oxygens (including phenoxy) is 2. The third-order valence-electron chi connectivity index (χ3n) is 2.96. The number of hydrogen-bond donors (Lipinski definition) is 1. The van der Waals surface area contributed by atoms with Gasteiger partial charge in [0, 0.05) is 13.7 Å². The summed E-state index contributed by atoms with van der Waals surface area (Å²) in [4.78, 5) is 11.0. The number of benzene rings is 1. The summed E-state index contributed by atoms with van der Waals surface area (Å²) in [6, 6.07) is 3.56. The molecule has 0 aliphatic heterocycles. The van der Waals surface area contributed by atoms with Gasteiger partial charge < -0.3 is 14.6 Å². The molecule has 0 atom stereocenters. The first kappa shape index (κ1) is 15.6. The summed E-state index contributed by atoms with van der Waals surface area (Å²) >= 11 is 0. The third-order valence-corrected chi connectivity index (χ3v) is 2.96. The molecule has 0 aromatic heterocycles. The number of halogens is 1. The van der Waals surface area contributed by atoms with Crippen LogP contribution in [0.1, 0.15) is 36.2 Å². The fraction of sp³-hybridized carbons (Fsp3) is 0.500. The van der Waals surface area contributed by atoms with Gasteiger partial charge in [0.25, 0.3) is 0 Å². The lowest BCUT2D eigenvalue weighted by Crippen LogP contribution is -2.24. The first-order valence-electron chi connectivity index (χ1n) is 6.00. The number of carboxylic acid groups (broad SMARTS) is 1. The number of hydrogen-bond acceptors (Lipinski definition) is 3. The van der Waals surface area contributed by atoms with Crippen molar-refractivity contribution in [2.45, 2.75) is 32.5 Å². The lowest BCUT2D eigenvalue weighted by molar-refractivity contribution is -0.0126. The minimum absolute atomic E-state index is 0.0624. The monoisotopic (exact) mass is 270 g/mol. The Kier molecular flexibility index (Phi) is 5.44. The zero-order valence-electron chi connectivity index (χ0n) is 11.4. The van der Waals surface area contributed by atoms with E-state index in [1.54, 1.807) is 7.11 Å². The maximum absolute atomic E-state index is 13.1. The molecule has 0 radical (unpaired) electrons. The van der Waals surface area contributed by atoms with Gasteiger partial charge in [-0.1, -0.05) is 0 Å². The lowest BCUT2D eigenvalue weighted by Gasteiger charge is -2.22. The Bertz CT molecular complexity index is 443. The second-order valence-corrected chi connectivity index (χ2v) is 4.87. The zero-order valence-corrected chi connectivity index (χ0v) is 11.4. The molecule has 1 aromatic carbocycles. The molecule has 0 fully saturated rings. The molecular formula is C14H19FO4. The normalized spacial score (nSPS) is 11.6. The maximum Gasteiger partial charge on any atom is 0.336 e. The van der Waals surface area contributed by atoms with Crippen molar-refractivity contribution in [1.29, 1.82) is 0 Å². The molecule has 0 aliphatic carbocycles. The molecule has 0 spiro atoms. The predicted molar refractivity (Wildman–Crippen MR) is 68.7 cm³/mol. The van der Waals surface area contributed by atoms with E-state index in [9.17, 15) is 9.18 Å². The highest BCUT2D eigenvalue weighted by atomic mass is 19.1. The molecule has 1 N–H and O–H groups in total. The summed E-state index contributed by atoms with van der Waals surface area (Å²) < 4.78 is 23.7. The fourth-order valence-corrected chi connectivity index (χ4v) is 1.49. The minimum atomic E-state index is -1.09. The molecule has 1 aromatic rings. The lowest BCUT2D eigenvalue weighted by atomic mass is 10.1. The fourth-order valence-electron chi connectivity index (χ4n) is 1.49. The largest absolute Gasteiger partial charge is 0.478 e. The van der Waals surface area contributed by atoms with Gasteiger partial charge in [-0.25, -0.2) is 9.18 Å². The molecule has 4 nitrogen and oxygen atoms in total. The summed E-state index contributed by atoms with van der Waals surface area (Å²) in [6.45, 7) is 4.35. The van der Waals surface area contributed by atoms with Gasteiger partial charge in [0.1, 0.15) is 5.82 Å². The van der Waals surface area contributed by atoms with Crippen LogP contribution in [0.15, 0.2) is 18.2 Å². The topological polar surface area (TPSA) is 55.8 Å². The van der Waals surface area contributed by atoms with Crippen molar-refractivity contribution in [1.82, 2.24) is 0 Å². The van der Waals surface area contributed by atoms with Gasteiger partial charge >= 0.3 is 5.97 Å². The molecule has 106 valence electrons. The Morgan fingerprint density at radius 2 is 2.11 bits per heavy atom. The molecular weight excluding hydrogens is 251 g/mol. The second-order valence-electron chi connectivity index (χ2n) is 4.87. The van der Waals surface area contributed by atoms with Gasteiger partial charge in [0.05, 0.1) is 17.8 Å². The smallest absolute Gasteiger partial charge is 0.336 e. The maximum atomic E-state index is 13.1. The van der Waals surface area contributed by atoms with Gasteiger partial charge in [-0.2, -0.15) is 0 Å². The molecule has 0 amide bonds. The molecule has 0 unspecified atom stereocenters. The van der Waals surface area contributed by atoms with E-state index in [0.717, 1.165) is 6.07 Å². The van der Waals surface area contributed by atoms with E-state index in [-0.39, 0.29) is 17.8 Å². The van der Waals surface area contributed by atoms with Crippen molar-refractivity contribution in [3.05, 3.63) is 35.1 Å². The third kappa shape index (κ3) is 4.96. The SMILES string of the molecule is COC(C)(C)CCOCc1cc(F)ccc1C(=O)O. The summed E-state index contributed by atoms with van der Waals surface area (Å²) in [6.07, 6.45) is 0.668. The van der Waals surface area contributed by atoms with Gasteiger partial charge in [0.15, 0.2) is 0 Å². The van der Waals surface area contributed by atoms with Crippen molar-refractivity contribution < 1.29 is 23.8 Å². The molecule has 0 aliphatic rings. The highest BCUT2D eigenvalue weighted by Crippen LogP contribution is 2.15.